The van der Waals surface area contributed by atoms with Gasteiger partial charge in [0, 0.05) is 11.4 Å². The largest absolute Gasteiger partial charge is 0.598 e. The molecule has 0 saturated carbocycles. The van der Waals surface area contributed by atoms with Crippen molar-refractivity contribution in [3.05, 3.63) is 34.9 Å². The van der Waals surface area contributed by atoms with E-state index in [1.54, 1.807) is 12.1 Å². The van der Waals surface area contributed by atoms with Gasteiger partial charge in [0.05, 0.1) is 11.6 Å². The minimum absolute atomic E-state index is 0.0432. The Labute approximate surface area is 122 Å². The van der Waals surface area contributed by atoms with Crippen LogP contribution in [0.15, 0.2) is 18.2 Å². The first kappa shape index (κ1) is 15.4. The summed E-state index contributed by atoms with van der Waals surface area (Å²) in [5.41, 5.74) is 2.46. The zero-order chi connectivity index (χ0) is 14.9. The molecule has 0 heterocycles. The fourth-order valence-corrected chi connectivity index (χ4v) is 3.23. The monoisotopic (exact) mass is 295 g/mol. The number of aryl methyl sites for hydroxylation is 1. The molecule has 1 aliphatic carbocycles. The standard InChI is InChI=1S/C15H21NO3S/c1-15(2,3)20(19)16-13-6-4-5-10-9-11(14(17)18)7-8-12(10)13/h7-9,13,16H,4-6H2,1-3H3,(H,17,18). The van der Waals surface area contributed by atoms with Gasteiger partial charge in [-0.25, -0.2) is 4.79 Å². The highest BCUT2D eigenvalue weighted by Crippen LogP contribution is 2.32. The summed E-state index contributed by atoms with van der Waals surface area (Å²) in [6.45, 7) is 5.81. The zero-order valence-corrected chi connectivity index (χ0v) is 12.9. The summed E-state index contributed by atoms with van der Waals surface area (Å²) in [6.07, 6.45) is 2.80. The van der Waals surface area contributed by atoms with E-state index in [-0.39, 0.29) is 10.8 Å². The molecule has 5 heteroatoms. The first-order valence-electron chi connectivity index (χ1n) is 6.83. The maximum atomic E-state index is 12.2. The highest BCUT2D eigenvalue weighted by atomic mass is 32.2. The minimum atomic E-state index is -1.12. The number of hydrogen-bond donors (Lipinski definition) is 2. The van der Waals surface area contributed by atoms with E-state index in [1.807, 2.05) is 26.8 Å². The molecule has 0 bridgehead atoms. The van der Waals surface area contributed by atoms with Crippen LogP contribution in [0.3, 0.4) is 0 Å². The van der Waals surface area contributed by atoms with Gasteiger partial charge in [0.1, 0.15) is 4.75 Å². The lowest BCUT2D eigenvalue weighted by molar-refractivity contribution is 0.0696. The van der Waals surface area contributed by atoms with Gasteiger partial charge in [0.25, 0.3) is 0 Å². The van der Waals surface area contributed by atoms with Crippen molar-refractivity contribution in [2.75, 3.05) is 0 Å². The topological polar surface area (TPSA) is 72.4 Å². The third-order valence-corrected chi connectivity index (χ3v) is 5.12. The van der Waals surface area contributed by atoms with Crippen molar-refractivity contribution >= 4 is 17.3 Å². The molecule has 2 rings (SSSR count). The molecule has 0 spiro atoms. The fourth-order valence-electron chi connectivity index (χ4n) is 2.38. The van der Waals surface area contributed by atoms with Crippen LogP contribution < -0.4 is 4.72 Å². The average molecular weight is 295 g/mol. The molecule has 20 heavy (non-hydrogen) atoms. The van der Waals surface area contributed by atoms with E-state index in [4.69, 9.17) is 5.11 Å². The Morgan fingerprint density at radius 2 is 2.15 bits per heavy atom. The van der Waals surface area contributed by atoms with Gasteiger partial charge in [-0.05, 0) is 63.3 Å². The van der Waals surface area contributed by atoms with Crippen LogP contribution in [0.1, 0.15) is 61.1 Å². The van der Waals surface area contributed by atoms with Crippen LogP contribution in [-0.4, -0.2) is 20.4 Å². The molecule has 110 valence electrons. The lowest BCUT2D eigenvalue weighted by atomic mass is 9.87. The Morgan fingerprint density at radius 1 is 1.45 bits per heavy atom. The number of hydrogen-bond acceptors (Lipinski definition) is 3. The third-order valence-electron chi connectivity index (χ3n) is 3.51. The molecule has 0 fully saturated rings. The maximum absolute atomic E-state index is 12.2. The van der Waals surface area contributed by atoms with Gasteiger partial charge in [0.15, 0.2) is 0 Å². The van der Waals surface area contributed by atoms with Gasteiger partial charge in [0.2, 0.25) is 0 Å². The number of carboxylic acids is 1. The second-order valence-corrected chi connectivity index (χ2v) is 8.16. The molecule has 2 atom stereocenters. The van der Waals surface area contributed by atoms with Gasteiger partial charge in [-0.2, -0.15) is 0 Å². The lowest BCUT2D eigenvalue weighted by Crippen LogP contribution is -2.42. The predicted molar refractivity (Wildman–Crippen MR) is 80.1 cm³/mol. The summed E-state index contributed by atoms with van der Waals surface area (Å²) in [6, 6.07) is 5.27. The van der Waals surface area contributed by atoms with Crippen molar-refractivity contribution in [2.45, 2.75) is 50.8 Å². The van der Waals surface area contributed by atoms with E-state index in [0.29, 0.717) is 5.56 Å². The summed E-state index contributed by atoms with van der Waals surface area (Å²) in [7, 11) is 0. The minimum Gasteiger partial charge on any atom is -0.598 e. The lowest BCUT2D eigenvalue weighted by Gasteiger charge is -2.31. The van der Waals surface area contributed by atoms with Crippen molar-refractivity contribution in [3.8, 4) is 0 Å². The summed E-state index contributed by atoms with van der Waals surface area (Å²) in [5, 5.41) is 9.04. The van der Waals surface area contributed by atoms with Crippen LogP contribution in [-0.2, 0) is 17.8 Å². The van der Waals surface area contributed by atoms with Crippen molar-refractivity contribution in [1.29, 1.82) is 0 Å². The van der Waals surface area contributed by atoms with Crippen LogP contribution in [0.4, 0.5) is 0 Å². The summed E-state index contributed by atoms with van der Waals surface area (Å²) >= 11 is -1.12. The number of benzene rings is 1. The molecule has 0 radical (unpaired) electrons. The molecule has 1 aromatic carbocycles. The van der Waals surface area contributed by atoms with Crippen molar-refractivity contribution in [3.63, 3.8) is 0 Å². The molecule has 1 aliphatic rings. The van der Waals surface area contributed by atoms with E-state index < -0.39 is 17.3 Å². The molecule has 0 amide bonds. The molecule has 1 aromatic rings. The zero-order valence-electron chi connectivity index (χ0n) is 12.1. The van der Waals surface area contributed by atoms with Crippen LogP contribution in [0.25, 0.3) is 0 Å². The number of carboxylic acid groups (broad SMARTS) is 1. The molecule has 0 aliphatic heterocycles. The quantitative estimate of drug-likeness (QED) is 0.841. The molecule has 2 N–H and O–H groups in total. The third kappa shape index (κ3) is 3.34. The predicted octanol–water partition coefficient (Wildman–Crippen LogP) is 2.81. The van der Waals surface area contributed by atoms with Gasteiger partial charge in [-0.1, -0.05) is 6.07 Å². The van der Waals surface area contributed by atoms with E-state index in [0.717, 1.165) is 30.4 Å². The summed E-state index contributed by atoms with van der Waals surface area (Å²) in [5.74, 6) is -0.902. The highest BCUT2D eigenvalue weighted by Gasteiger charge is 2.31. The van der Waals surface area contributed by atoms with E-state index >= 15 is 0 Å². The number of aromatic carboxylic acids is 1. The normalized spacial score (nSPS) is 20.3. The van der Waals surface area contributed by atoms with Crippen LogP contribution in [0.5, 0.6) is 0 Å². The fraction of sp³-hybridized carbons (Fsp3) is 0.533. The number of fused-ring (bicyclic) bond motifs is 1. The molecule has 0 aromatic heterocycles. The number of rotatable bonds is 3. The van der Waals surface area contributed by atoms with E-state index in [1.165, 1.54) is 0 Å². The van der Waals surface area contributed by atoms with E-state index in [2.05, 4.69) is 4.72 Å². The van der Waals surface area contributed by atoms with Crippen molar-refractivity contribution in [1.82, 2.24) is 4.72 Å². The van der Waals surface area contributed by atoms with Gasteiger partial charge in [-0.15, -0.1) is 4.72 Å². The van der Waals surface area contributed by atoms with Crippen LogP contribution in [0.2, 0.25) is 0 Å². The van der Waals surface area contributed by atoms with E-state index in [9.17, 15) is 9.35 Å². The summed E-state index contributed by atoms with van der Waals surface area (Å²) in [4.78, 5) is 11.0. The van der Waals surface area contributed by atoms with Crippen LogP contribution >= 0.6 is 0 Å². The molecule has 2 unspecified atom stereocenters. The Kier molecular flexibility index (Phi) is 4.42. The van der Waals surface area contributed by atoms with Gasteiger partial charge >= 0.3 is 5.97 Å². The van der Waals surface area contributed by atoms with Gasteiger partial charge < -0.3 is 9.66 Å². The number of carbonyl (C=O) groups is 1. The Hall–Kier alpha value is -1.04. The molecule has 4 nitrogen and oxygen atoms in total. The Morgan fingerprint density at radius 3 is 2.75 bits per heavy atom. The SMILES string of the molecule is CC(C)(C)[S+]([O-])NC1CCCc2cc(C(=O)O)ccc21. The second kappa shape index (κ2) is 5.76. The van der Waals surface area contributed by atoms with Crippen molar-refractivity contribution < 1.29 is 14.5 Å². The number of nitrogens with one attached hydrogen (secondary N) is 1. The highest BCUT2D eigenvalue weighted by molar-refractivity contribution is 7.90. The Balaban J connectivity index is 2.23. The molecular formula is C15H21NO3S. The summed E-state index contributed by atoms with van der Waals surface area (Å²) < 4.78 is 15.1. The first-order valence-corrected chi connectivity index (χ1v) is 7.98. The second-order valence-electron chi connectivity index (χ2n) is 6.16. The van der Waals surface area contributed by atoms with Crippen molar-refractivity contribution in [2.24, 2.45) is 0 Å². The maximum Gasteiger partial charge on any atom is 0.335 e. The average Bonchev–Trinajstić information content (AvgIpc) is 2.37. The molecule has 0 saturated heterocycles. The Bertz CT molecular complexity index is 510. The van der Waals surface area contributed by atoms with Crippen LogP contribution in [0, 0.1) is 0 Å². The molecular weight excluding hydrogens is 274 g/mol. The smallest absolute Gasteiger partial charge is 0.335 e. The first-order chi connectivity index (χ1) is 9.29. The van der Waals surface area contributed by atoms with Gasteiger partial charge in [-0.3, -0.25) is 0 Å².